The maximum atomic E-state index is 5.79. The van der Waals surface area contributed by atoms with Crippen LogP contribution in [-0.4, -0.2) is 64.4 Å². The van der Waals surface area contributed by atoms with E-state index in [-0.39, 0.29) is 0 Å². The van der Waals surface area contributed by atoms with Crippen molar-refractivity contribution in [1.82, 2.24) is 9.61 Å². The van der Waals surface area contributed by atoms with Gasteiger partial charge in [0.25, 0.3) is 5.88 Å². The number of rotatable bonds is 14. The third kappa shape index (κ3) is 5.11. The minimum absolute atomic E-state index is 0.500. The highest BCUT2D eigenvalue weighted by atomic mass is 32.1. The van der Waals surface area contributed by atoms with E-state index in [9.17, 15) is 0 Å². The Bertz CT molecular complexity index is 1070. The molecule has 1 aliphatic rings. The molecule has 1 aliphatic carbocycles. The Morgan fingerprint density at radius 1 is 1.09 bits per heavy atom. The van der Waals surface area contributed by atoms with Crippen LogP contribution in [0.5, 0.6) is 17.4 Å². The van der Waals surface area contributed by atoms with Crippen LogP contribution in [0.2, 0.25) is 0 Å². The second-order valence-corrected chi connectivity index (χ2v) is 9.30. The number of ether oxygens (including phenoxy) is 5. The minimum atomic E-state index is 0.500. The van der Waals surface area contributed by atoms with E-state index in [0.29, 0.717) is 19.1 Å². The van der Waals surface area contributed by atoms with Crippen molar-refractivity contribution in [2.24, 2.45) is 5.92 Å². The molecule has 0 amide bonds. The number of fused-ring (bicyclic) bond motifs is 1. The summed E-state index contributed by atoms with van der Waals surface area (Å²) >= 11 is 1.65. The second-order valence-electron chi connectivity index (χ2n) is 8.44. The molecule has 0 spiro atoms. The maximum absolute atomic E-state index is 5.79. The molecule has 0 aliphatic heterocycles. The Hall–Kier alpha value is -2.49. The number of hydrogen-bond acceptors (Lipinski definition) is 8. The van der Waals surface area contributed by atoms with Gasteiger partial charge in [-0.05, 0) is 49.8 Å². The number of nitrogens with zero attached hydrogens (tertiary/aromatic N) is 3. The van der Waals surface area contributed by atoms with Crippen molar-refractivity contribution in [3.63, 3.8) is 0 Å². The first-order chi connectivity index (χ1) is 16.6. The van der Waals surface area contributed by atoms with Crippen LogP contribution >= 0.6 is 11.3 Å². The van der Waals surface area contributed by atoms with Gasteiger partial charge in [-0.15, -0.1) is 16.4 Å². The zero-order chi connectivity index (χ0) is 24.1. The van der Waals surface area contributed by atoms with E-state index in [1.54, 1.807) is 39.8 Å². The number of methoxy groups -OCH3 is 4. The molecule has 1 fully saturated rings. The Labute approximate surface area is 205 Å². The predicted octanol–water partition coefficient (Wildman–Crippen LogP) is 4.88. The summed E-state index contributed by atoms with van der Waals surface area (Å²) in [5.41, 5.74) is 3.82. The Balaban J connectivity index is 1.79. The Kier molecular flexibility index (Phi) is 8.18. The van der Waals surface area contributed by atoms with Crippen molar-refractivity contribution < 1.29 is 23.7 Å². The molecule has 8 nitrogen and oxygen atoms in total. The van der Waals surface area contributed by atoms with Gasteiger partial charge in [0.05, 0.1) is 39.2 Å². The standard InChI is InChI=1S/C25H35N3O5S/c1-6-33-15-18-12-20(30-3)22(21(13-18)31-4)19-16-34-25-23(24(32-5)26-28(19)25)27(10-7-11-29-2)14-17-8-9-17/h12-13,16-17H,6-11,14-15H2,1-5H3. The SMILES string of the molecule is CCOCc1cc(OC)c(-c2csc3c(N(CCCOC)CC4CC4)c(OC)nn23)c(OC)c1. The van der Waals surface area contributed by atoms with Crippen LogP contribution in [0.1, 0.15) is 31.7 Å². The molecule has 0 atom stereocenters. The van der Waals surface area contributed by atoms with Crippen molar-refractivity contribution in [3.8, 4) is 28.6 Å². The van der Waals surface area contributed by atoms with Crippen LogP contribution < -0.4 is 19.1 Å². The third-order valence-electron chi connectivity index (χ3n) is 6.05. The maximum Gasteiger partial charge on any atom is 0.258 e. The summed E-state index contributed by atoms with van der Waals surface area (Å²) in [6.45, 7) is 5.76. The van der Waals surface area contributed by atoms with Gasteiger partial charge in [0.15, 0.2) is 0 Å². The Morgan fingerprint density at radius 2 is 1.82 bits per heavy atom. The molecule has 0 N–H and O–H groups in total. The fourth-order valence-corrected chi connectivity index (χ4v) is 5.21. The minimum Gasteiger partial charge on any atom is -0.496 e. The van der Waals surface area contributed by atoms with Crippen molar-refractivity contribution in [3.05, 3.63) is 23.1 Å². The molecule has 3 aromatic rings. The van der Waals surface area contributed by atoms with Gasteiger partial charge in [-0.25, -0.2) is 4.52 Å². The van der Waals surface area contributed by atoms with Gasteiger partial charge in [0.1, 0.15) is 22.0 Å². The van der Waals surface area contributed by atoms with Crippen molar-refractivity contribution >= 4 is 21.9 Å². The lowest BCUT2D eigenvalue weighted by molar-refractivity contribution is 0.133. The molecule has 0 unspecified atom stereocenters. The van der Waals surface area contributed by atoms with Crippen LogP contribution in [0.3, 0.4) is 0 Å². The molecule has 186 valence electrons. The highest BCUT2D eigenvalue weighted by molar-refractivity contribution is 7.16. The summed E-state index contributed by atoms with van der Waals surface area (Å²) in [6, 6.07) is 4.01. The normalized spacial score (nSPS) is 13.4. The van der Waals surface area contributed by atoms with Crippen LogP contribution in [0.25, 0.3) is 16.1 Å². The summed E-state index contributed by atoms with van der Waals surface area (Å²) in [4.78, 5) is 3.46. The molecule has 0 bridgehead atoms. The quantitative estimate of drug-likeness (QED) is 0.299. The molecular formula is C25H35N3O5S. The smallest absolute Gasteiger partial charge is 0.258 e. The van der Waals surface area contributed by atoms with E-state index < -0.39 is 0 Å². The van der Waals surface area contributed by atoms with E-state index in [2.05, 4.69) is 10.3 Å². The molecule has 0 radical (unpaired) electrons. The van der Waals surface area contributed by atoms with E-state index in [0.717, 1.165) is 70.9 Å². The van der Waals surface area contributed by atoms with E-state index >= 15 is 0 Å². The second kappa shape index (κ2) is 11.3. The zero-order valence-corrected chi connectivity index (χ0v) is 21.6. The molecule has 4 rings (SSSR count). The summed E-state index contributed by atoms with van der Waals surface area (Å²) in [7, 11) is 6.78. The summed E-state index contributed by atoms with van der Waals surface area (Å²) in [5.74, 6) is 2.82. The lowest BCUT2D eigenvalue weighted by Crippen LogP contribution is -2.27. The lowest BCUT2D eigenvalue weighted by atomic mass is 10.1. The zero-order valence-electron chi connectivity index (χ0n) is 20.8. The number of aromatic nitrogens is 2. The monoisotopic (exact) mass is 489 g/mol. The van der Waals surface area contributed by atoms with Gasteiger partial charge >= 0.3 is 0 Å². The predicted molar refractivity (Wildman–Crippen MR) is 135 cm³/mol. The topological polar surface area (TPSA) is 66.7 Å². The highest BCUT2D eigenvalue weighted by Gasteiger charge is 2.30. The third-order valence-corrected chi connectivity index (χ3v) is 6.99. The Morgan fingerprint density at radius 3 is 2.41 bits per heavy atom. The van der Waals surface area contributed by atoms with Gasteiger partial charge in [0, 0.05) is 38.8 Å². The van der Waals surface area contributed by atoms with Gasteiger partial charge in [-0.1, -0.05) is 0 Å². The summed E-state index contributed by atoms with van der Waals surface area (Å²) in [6.07, 6.45) is 3.52. The van der Waals surface area contributed by atoms with Gasteiger partial charge < -0.3 is 28.6 Å². The van der Waals surface area contributed by atoms with Gasteiger partial charge in [0.2, 0.25) is 0 Å². The molecule has 2 heterocycles. The van der Waals surface area contributed by atoms with E-state index in [4.69, 9.17) is 28.8 Å². The van der Waals surface area contributed by atoms with E-state index in [1.165, 1.54) is 12.8 Å². The molecule has 1 aromatic carbocycles. The molecule has 2 aromatic heterocycles. The average Bonchev–Trinajstić information content (AvgIpc) is 3.47. The number of anilines is 1. The van der Waals surface area contributed by atoms with Crippen LogP contribution in [0, 0.1) is 5.92 Å². The van der Waals surface area contributed by atoms with E-state index in [1.807, 2.05) is 23.6 Å². The molecule has 34 heavy (non-hydrogen) atoms. The largest absolute Gasteiger partial charge is 0.496 e. The lowest BCUT2D eigenvalue weighted by Gasteiger charge is -2.23. The van der Waals surface area contributed by atoms with Gasteiger partial charge in [-0.2, -0.15) is 0 Å². The average molecular weight is 490 g/mol. The summed E-state index contributed by atoms with van der Waals surface area (Å²) < 4.78 is 30.2. The fraction of sp³-hybridized carbons (Fsp3) is 0.560. The number of hydrogen-bond donors (Lipinski definition) is 0. The fourth-order valence-electron chi connectivity index (χ4n) is 4.21. The molecule has 1 saturated carbocycles. The first kappa shape index (κ1) is 24.6. The molecular weight excluding hydrogens is 454 g/mol. The molecule has 0 saturated heterocycles. The van der Waals surface area contributed by atoms with Gasteiger partial charge in [-0.3, -0.25) is 0 Å². The highest BCUT2D eigenvalue weighted by Crippen LogP contribution is 2.45. The number of thiazole rings is 1. The summed E-state index contributed by atoms with van der Waals surface area (Å²) in [5, 5.41) is 6.97. The first-order valence-corrected chi connectivity index (χ1v) is 12.6. The first-order valence-electron chi connectivity index (χ1n) is 11.8. The molecule has 9 heteroatoms. The van der Waals surface area contributed by atoms with Crippen LogP contribution in [0.15, 0.2) is 17.5 Å². The van der Waals surface area contributed by atoms with Crippen LogP contribution in [-0.2, 0) is 16.1 Å². The van der Waals surface area contributed by atoms with Crippen molar-refractivity contribution in [1.29, 1.82) is 0 Å². The van der Waals surface area contributed by atoms with Crippen LogP contribution in [0.4, 0.5) is 5.69 Å². The van der Waals surface area contributed by atoms with Crippen molar-refractivity contribution in [2.75, 3.05) is 59.6 Å². The number of benzene rings is 1. The van der Waals surface area contributed by atoms with Crippen molar-refractivity contribution in [2.45, 2.75) is 32.8 Å².